The lowest BCUT2D eigenvalue weighted by molar-refractivity contribution is 0.0696. The van der Waals surface area contributed by atoms with Crippen molar-refractivity contribution >= 4 is 17.6 Å². The van der Waals surface area contributed by atoms with Crippen molar-refractivity contribution in [1.82, 2.24) is 4.98 Å². The molecule has 1 aromatic heterocycles. The maximum absolute atomic E-state index is 10.7. The van der Waals surface area contributed by atoms with Crippen LogP contribution < -0.4 is 0 Å². The Kier molecular flexibility index (Phi) is 4.56. The number of aryl methyl sites for hydroxylation is 1. The molecule has 0 amide bonds. The molecule has 0 aliphatic carbocycles. The van der Waals surface area contributed by atoms with Crippen molar-refractivity contribution in [2.45, 2.75) is 32.6 Å². The molecule has 0 fully saturated rings. The van der Waals surface area contributed by atoms with Crippen LogP contribution in [0.3, 0.4) is 0 Å². The molecule has 0 atom stereocenters. The summed E-state index contributed by atoms with van der Waals surface area (Å²) in [7, 11) is 0. The number of carboxylic acids is 1. The zero-order valence-electron chi connectivity index (χ0n) is 8.66. The third-order valence-electron chi connectivity index (χ3n) is 2.13. The maximum atomic E-state index is 10.7. The van der Waals surface area contributed by atoms with Gasteiger partial charge in [0.05, 0.1) is 5.56 Å². The molecule has 4 heteroatoms. The number of carbonyl (C=O) groups is 1. The lowest BCUT2D eigenvalue weighted by Crippen LogP contribution is -2.00. The molecule has 82 valence electrons. The number of rotatable bonds is 5. The van der Waals surface area contributed by atoms with Gasteiger partial charge >= 0.3 is 5.97 Å². The Labute approximate surface area is 94.1 Å². The van der Waals surface area contributed by atoms with Gasteiger partial charge in [-0.05, 0) is 25.0 Å². The van der Waals surface area contributed by atoms with Gasteiger partial charge in [-0.3, -0.25) is 0 Å². The number of hydrogen-bond donors (Lipinski definition) is 1. The first-order valence-electron chi connectivity index (χ1n) is 5.03. The molecule has 0 aliphatic rings. The highest BCUT2D eigenvalue weighted by molar-refractivity contribution is 6.29. The molecule has 0 aliphatic heterocycles. The fourth-order valence-electron chi connectivity index (χ4n) is 1.36. The quantitative estimate of drug-likeness (QED) is 0.621. The van der Waals surface area contributed by atoms with Gasteiger partial charge in [-0.25, -0.2) is 9.78 Å². The van der Waals surface area contributed by atoms with Gasteiger partial charge in [0.15, 0.2) is 0 Å². The van der Waals surface area contributed by atoms with Crippen LogP contribution in [0.15, 0.2) is 12.1 Å². The minimum Gasteiger partial charge on any atom is -0.478 e. The molecule has 15 heavy (non-hydrogen) atoms. The lowest BCUT2D eigenvalue weighted by Gasteiger charge is -2.02. The first kappa shape index (κ1) is 12.0. The summed E-state index contributed by atoms with van der Waals surface area (Å²) in [6.07, 6.45) is 4.06. The van der Waals surface area contributed by atoms with Crippen molar-refractivity contribution in [3.05, 3.63) is 28.5 Å². The highest BCUT2D eigenvalue weighted by atomic mass is 35.5. The van der Waals surface area contributed by atoms with Crippen molar-refractivity contribution in [3.8, 4) is 0 Å². The summed E-state index contributed by atoms with van der Waals surface area (Å²) < 4.78 is 0. The normalized spacial score (nSPS) is 10.3. The van der Waals surface area contributed by atoms with Gasteiger partial charge in [-0.2, -0.15) is 0 Å². The third-order valence-corrected chi connectivity index (χ3v) is 2.32. The van der Waals surface area contributed by atoms with Crippen LogP contribution in [0.1, 0.15) is 42.2 Å². The zero-order valence-corrected chi connectivity index (χ0v) is 9.42. The zero-order chi connectivity index (χ0) is 11.3. The van der Waals surface area contributed by atoms with Crippen molar-refractivity contribution in [2.75, 3.05) is 0 Å². The number of nitrogens with zero attached hydrogens (tertiary/aromatic N) is 1. The van der Waals surface area contributed by atoms with Crippen LogP contribution in [0.25, 0.3) is 0 Å². The second-order valence-electron chi connectivity index (χ2n) is 3.43. The standard InChI is InChI=1S/C11H14ClNO2/c1-2-3-4-5-9-6-8(11(14)15)7-10(12)13-9/h6-7H,2-5H2,1H3,(H,14,15). The highest BCUT2D eigenvalue weighted by Crippen LogP contribution is 2.13. The fraction of sp³-hybridized carbons (Fsp3) is 0.455. The van der Waals surface area contributed by atoms with Gasteiger partial charge in [0.2, 0.25) is 0 Å². The van der Waals surface area contributed by atoms with Gasteiger partial charge in [0.25, 0.3) is 0 Å². The molecule has 0 aromatic carbocycles. The summed E-state index contributed by atoms with van der Waals surface area (Å²) in [5, 5.41) is 9.07. The average Bonchev–Trinajstić information content (AvgIpc) is 2.17. The van der Waals surface area contributed by atoms with E-state index in [0.717, 1.165) is 31.4 Å². The second kappa shape index (κ2) is 5.71. The number of carboxylic acid groups (broad SMARTS) is 1. The van der Waals surface area contributed by atoms with E-state index in [1.165, 1.54) is 6.07 Å². The van der Waals surface area contributed by atoms with Gasteiger partial charge in [0, 0.05) is 5.69 Å². The van der Waals surface area contributed by atoms with Crippen molar-refractivity contribution < 1.29 is 9.90 Å². The first-order chi connectivity index (χ1) is 7.13. The topological polar surface area (TPSA) is 50.2 Å². The molecule has 1 rings (SSSR count). The van der Waals surface area contributed by atoms with E-state index in [0.29, 0.717) is 0 Å². The van der Waals surface area contributed by atoms with Crippen LogP contribution in [-0.2, 0) is 6.42 Å². The Morgan fingerprint density at radius 3 is 2.80 bits per heavy atom. The Hall–Kier alpha value is -1.09. The number of aromatic nitrogens is 1. The van der Waals surface area contributed by atoms with Crippen LogP contribution in [0.2, 0.25) is 5.15 Å². The highest BCUT2D eigenvalue weighted by Gasteiger charge is 2.06. The molecule has 0 radical (unpaired) electrons. The van der Waals surface area contributed by atoms with Gasteiger partial charge in [0.1, 0.15) is 5.15 Å². The van der Waals surface area contributed by atoms with Crippen LogP contribution in [0, 0.1) is 0 Å². The van der Waals surface area contributed by atoms with E-state index in [1.807, 2.05) is 0 Å². The maximum Gasteiger partial charge on any atom is 0.335 e. The SMILES string of the molecule is CCCCCc1cc(C(=O)O)cc(Cl)n1. The minimum absolute atomic E-state index is 0.210. The molecular weight excluding hydrogens is 214 g/mol. The fourth-order valence-corrected chi connectivity index (χ4v) is 1.58. The van der Waals surface area contributed by atoms with E-state index in [1.54, 1.807) is 6.07 Å². The van der Waals surface area contributed by atoms with Crippen LogP contribution in [-0.4, -0.2) is 16.1 Å². The van der Waals surface area contributed by atoms with Gasteiger partial charge < -0.3 is 5.11 Å². The van der Waals surface area contributed by atoms with E-state index in [2.05, 4.69) is 11.9 Å². The Balaban J connectivity index is 2.75. The Morgan fingerprint density at radius 1 is 1.47 bits per heavy atom. The molecule has 0 bridgehead atoms. The molecule has 0 unspecified atom stereocenters. The van der Waals surface area contributed by atoms with E-state index in [9.17, 15) is 4.79 Å². The second-order valence-corrected chi connectivity index (χ2v) is 3.82. The number of pyridine rings is 1. The van der Waals surface area contributed by atoms with Crippen molar-refractivity contribution in [3.63, 3.8) is 0 Å². The predicted molar refractivity (Wildman–Crippen MR) is 59.4 cm³/mol. The molecule has 0 saturated heterocycles. The molecule has 1 heterocycles. The third kappa shape index (κ3) is 3.88. The Bertz CT molecular complexity index is 352. The van der Waals surface area contributed by atoms with Crippen molar-refractivity contribution in [2.24, 2.45) is 0 Å². The summed E-state index contributed by atoms with van der Waals surface area (Å²) in [4.78, 5) is 14.8. The van der Waals surface area contributed by atoms with E-state index >= 15 is 0 Å². The molecular formula is C11H14ClNO2. The largest absolute Gasteiger partial charge is 0.478 e. The minimum atomic E-state index is -0.962. The molecule has 0 spiro atoms. The number of hydrogen-bond acceptors (Lipinski definition) is 2. The molecule has 0 saturated carbocycles. The molecule has 3 nitrogen and oxygen atoms in total. The smallest absolute Gasteiger partial charge is 0.335 e. The summed E-state index contributed by atoms with van der Waals surface area (Å²) in [5.41, 5.74) is 0.967. The number of halogens is 1. The predicted octanol–water partition coefficient (Wildman–Crippen LogP) is 3.17. The molecule has 1 aromatic rings. The summed E-state index contributed by atoms with van der Waals surface area (Å²) >= 11 is 5.73. The number of aromatic carboxylic acids is 1. The summed E-state index contributed by atoms with van der Waals surface area (Å²) in [6.45, 7) is 2.12. The van der Waals surface area contributed by atoms with E-state index in [4.69, 9.17) is 16.7 Å². The summed E-state index contributed by atoms with van der Waals surface area (Å²) in [6, 6.07) is 2.96. The van der Waals surface area contributed by atoms with E-state index < -0.39 is 5.97 Å². The lowest BCUT2D eigenvalue weighted by atomic mass is 10.1. The van der Waals surface area contributed by atoms with Crippen molar-refractivity contribution in [1.29, 1.82) is 0 Å². The van der Waals surface area contributed by atoms with Crippen LogP contribution in [0.4, 0.5) is 0 Å². The van der Waals surface area contributed by atoms with E-state index in [-0.39, 0.29) is 10.7 Å². The summed E-state index contributed by atoms with van der Waals surface area (Å²) in [5.74, 6) is -0.962. The van der Waals surface area contributed by atoms with Crippen LogP contribution in [0.5, 0.6) is 0 Å². The van der Waals surface area contributed by atoms with Gasteiger partial charge in [-0.15, -0.1) is 0 Å². The van der Waals surface area contributed by atoms with Crippen LogP contribution >= 0.6 is 11.6 Å². The average molecular weight is 228 g/mol. The molecule has 1 N–H and O–H groups in total. The Morgan fingerprint density at radius 2 is 2.20 bits per heavy atom. The van der Waals surface area contributed by atoms with Gasteiger partial charge in [-0.1, -0.05) is 31.4 Å². The monoisotopic (exact) mass is 227 g/mol. The number of unbranched alkanes of at least 4 members (excludes halogenated alkanes) is 2. The first-order valence-corrected chi connectivity index (χ1v) is 5.41.